The van der Waals surface area contributed by atoms with Crippen molar-refractivity contribution in [3.05, 3.63) is 93.5 Å². The summed E-state index contributed by atoms with van der Waals surface area (Å²) in [6.07, 6.45) is 1.31. The highest BCUT2D eigenvalue weighted by Gasteiger charge is 2.20. The highest BCUT2D eigenvalue weighted by Crippen LogP contribution is 2.25. The number of para-hydroxylation sites is 1. The van der Waals surface area contributed by atoms with Crippen molar-refractivity contribution in [3.63, 3.8) is 0 Å². The summed E-state index contributed by atoms with van der Waals surface area (Å²) in [6.45, 7) is 3.48. The van der Waals surface area contributed by atoms with E-state index < -0.39 is 6.04 Å². The molecule has 0 aliphatic rings. The molecular weight excluding hydrogens is 390 g/mol. The topological polar surface area (TPSA) is 77.1 Å². The molecule has 1 amide bonds. The van der Waals surface area contributed by atoms with Crippen LogP contribution in [0.3, 0.4) is 0 Å². The van der Waals surface area contributed by atoms with Crippen LogP contribution in [0.15, 0.2) is 70.1 Å². The zero-order chi connectivity index (χ0) is 20.5. The van der Waals surface area contributed by atoms with Gasteiger partial charge in [-0.1, -0.05) is 41.9 Å². The lowest BCUT2D eigenvalue weighted by molar-refractivity contribution is 0.0933. The van der Waals surface area contributed by atoms with Gasteiger partial charge in [-0.3, -0.25) is 14.2 Å². The summed E-state index contributed by atoms with van der Waals surface area (Å²) in [5.74, 6) is 0.0249. The van der Waals surface area contributed by atoms with Crippen LogP contribution in [0.4, 0.5) is 0 Å². The molecule has 0 radical (unpaired) electrons. The van der Waals surface area contributed by atoms with Crippen LogP contribution in [0.25, 0.3) is 16.5 Å². The van der Waals surface area contributed by atoms with Crippen LogP contribution in [0.2, 0.25) is 5.02 Å². The number of nitrogens with one attached hydrogen (secondary N) is 1. The van der Waals surface area contributed by atoms with E-state index in [1.165, 1.54) is 6.26 Å². The van der Waals surface area contributed by atoms with Crippen molar-refractivity contribution in [2.75, 3.05) is 0 Å². The number of fused-ring (bicyclic) bond motifs is 1. The van der Waals surface area contributed by atoms with Crippen LogP contribution in [0.1, 0.15) is 35.0 Å². The van der Waals surface area contributed by atoms with Gasteiger partial charge in [-0.25, -0.2) is 4.98 Å². The molecule has 0 bridgehead atoms. The van der Waals surface area contributed by atoms with Crippen molar-refractivity contribution in [2.24, 2.45) is 0 Å². The molecule has 2 heterocycles. The van der Waals surface area contributed by atoms with Crippen molar-refractivity contribution in [3.8, 4) is 5.69 Å². The Morgan fingerprint density at radius 1 is 1.17 bits per heavy atom. The Morgan fingerprint density at radius 2 is 1.93 bits per heavy atom. The summed E-state index contributed by atoms with van der Waals surface area (Å²) >= 11 is 6.32. The second-order valence-corrected chi connectivity index (χ2v) is 7.10. The van der Waals surface area contributed by atoms with Crippen molar-refractivity contribution < 1.29 is 9.21 Å². The number of aryl methyl sites for hydroxylation is 1. The Balaban J connectivity index is 1.86. The minimum absolute atomic E-state index is 0.187. The third-order valence-electron chi connectivity index (χ3n) is 4.68. The van der Waals surface area contributed by atoms with Crippen LogP contribution < -0.4 is 10.9 Å². The molecule has 0 aliphatic carbocycles. The average molecular weight is 408 g/mol. The molecule has 0 unspecified atom stereocenters. The minimum Gasteiger partial charge on any atom is -0.448 e. The number of hydrogen-bond donors (Lipinski definition) is 1. The fourth-order valence-corrected chi connectivity index (χ4v) is 3.58. The summed E-state index contributed by atoms with van der Waals surface area (Å²) in [5.41, 5.74) is 1.26. The predicted molar refractivity (Wildman–Crippen MR) is 112 cm³/mol. The molecule has 4 rings (SSSR count). The van der Waals surface area contributed by atoms with Gasteiger partial charge in [-0.05, 0) is 36.6 Å². The van der Waals surface area contributed by atoms with Crippen LogP contribution in [-0.4, -0.2) is 15.5 Å². The number of halogens is 1. The molecule has 7 heteroatoms. The smallest absolute Gasteiger partial charge is 0.273 e. The molecule has 0 saturated carbocycles. The van der Waals surface area contributed by atoms with E-state index in [-0.39, 0.29) is 17.2 Å². The fraction of sp³-hybridized carbons (Fsp3) is 0.136. The Bertz CT molecular complexity index is 1260. The standard InChI is InChI=1S/C22H18ClN3O3/c1-13(24-21(27)18-12-29-14(2)25-18)19-11-15-7-6-10-17(23)20(15)22(28)26(19)16-8-4-3-5-9-16/h3-13H,1-2H3,(H,24,27)/t13-/m0/s1. The van der Waals surface area contributed by atoms with Gasteiger partial charge in [0.1, 0.15) is 6.26 Å². The first-order valence-electron chi connectivity index (χ1n) is 9.08. The summed E-state index contributed by atoms with van der Waals surface area (Å²) < 4.78 is 6.69. The average Bonchev–Trinajstić information content (AvgIpc) is 3.15. The molecule has 0 fully saturated rings. The van der Waals surface area contributed by atoms with Gasteiger partial charge < -0.3 is 9.73 Å². The number of amides is 1. The Morgan fingerprint density at radius 3 is 2.62 bits per heavy atom. The fourth-order valence-electron chi connectivity index (χ4n) is 3.31. The van der Waals surface area contributed by atoms with E-state index in [1.807, 2.05) is 49.4 Å². The lowest BCUT2D eigenvalue weighted by Gasteiger charge is -2.21. The van der Waals surface area contributed by atoms with Gasteiger partial charge >= 0.3 is 0 Å². The molecule has 0 aliphatic heterocycles. The molecule has 4 aromatic rings. The molecule has 0 spiro atoms. The number of nitrogens with zero attached hydrogens (tertiary/aromatic N) is 2. The van der Waals surface area contributed by atoms with Crippen LogP contribution in [0.5, 0.6) is 0 Å². The number of aromatic nitrogens is 2. The Kier molecular flexibility index (Phi) is 4.94. The van der Waals surface area contributed by atoms with Gasteiger partial charge in [0.2, 0.25) is 0 Å². The number of carbonyl (C=O) groups is 1. The molecule has 2 aromatic carbocycles. The van der Waals surface area contributed by atoms with Crippen LogP contribution in [0, 0.1) is 6.92 Å². The number of rotatable bonds is 4. The molecule has 1 N–H and O–H groups in total. The third kappa shape index (κ3) is 3.54. The molecule has 2 aromatic heterocycles. The molecule has 1 atom stereocenters. The maximum Gasteiger partial charge on any atom is 0.273 e. The first kappa shape index (κ1) is 19.0. The van der Waals surface area contributed by atoms with Gasteiger partial charge in [0.25, 0.3) is 11.5 Å². The van der Waals surface area contributed by atoms with Gasteiger partial charge in [0, 0.05) is 18.3 Å². The lowest BCUT2D eigenvalue weighted by atomic mass is 10.1. The SMILES string of the molecule is Cc1nc(C(=O)N[C@@H](C)c2cc3cccc(Cl)c3c(=O)n2-c2ccccc2)co1. The van der Waals surface area contributed by atoms with Crippen molar-refractivity contribution in [1.82, 2.24) is 14.9 Å². The van der Waals surface area contributed by atoms with E-state index in [1.54, 1.807) is 23.6 Å². The summed E-state index contributed by atoms with van der Waals surface area (Å²) in [5, 5.41) is 4.42. The van der Waals surface area contributed by atoms with Crippen molar-refractivity contribution in [1.29, 1.82) is 0 Å². The van der Waals surface area contributed by atoms with E-state index in [0.29, 0.717) is 33.1 Å². The van der Waals surface area contributed by atoms with Crippen LogP contribution >= 0.6 is 11.6 Å². The van der Waals surface area contributed by atoms with Crippen LogP contribution in [-0.2, 0) is 0 Å². The van der Waals surface area contributed by atoms with Gasteiger partial charge in [0.15, 0.2) is 11.6 Å². The largest absolute Gasteiger partial charge is 0.448 e. The highest BCUT2D eigenvalue weighted by molar-refractivity contribution is 6.35. The monoisotopic (exact) mass is 407 g/mol. The second kappa shape index (κ2) is 7.56. The lowest BCUT2D eigenvalue weighted by Crippen LogP contribution is -2.32. The van der Waals surface area contributed by atoms with E-state index in [2.05, 4.69) is 10.3 Å². The third-order valence-corrected chi connectivity index (χ3v) is 5.00. The number of oxazole rings is 1. The van der Waals surface area contributed by atoms with Crippen molar-refractivity contribution in [2.45, 2.75) is 19.9 Å². The molecular formula is C22H18ClN3O3. The Hall–Kier alpha value is -3.38. The van der Waals surface area contributed by atoms with Gasteiger partial charge in [0.05, 0.1) is 16.5 Å². The highest BCUT2D eigenvalue weighted by atomic mass is 35.5. The van der Waals surface area contributed by atoms with E-state index >= 15 is 0 Å². The molecule has 0 saturated heterocycles. The number of benzene rings is 2. The summed E-state index contributed by atoms with van der Waals surface area (Å²) in [7, 11) is 0. The van der Waals surface area contributed by atoms with Gasteiger partial charge in [-0.2, -0.15) is 0 Å². The zero-order valence-corrected chi connectivity index (χ0v) is 16.6. The maximum atomic E-state index is 13.4. The van der Waals surface area contributed by atoms with E-state index in [9.17, 15) is 9.59 Å². The maximum absolute atomic E-state index is 13.4. The predicted octanol–water partition coefficient (Wildman–Crippen LogP) is 4.43. The van der Waals surface area contributed by atoms with E-state index in [0.717, 1.165) is 0 Å². The summed E-state index contributed by atoms with van der Waals surface area (Å²) in [6, 6.07) is 16.0. The van der Waals surface area contributed by atoms with Crippen molar-refractivity contribution >= 4 is 28.3 Å². The Labute approximate surface area is 171 Å². The number of pyridine rings is 1. The summed E-state index contributed by atoms with van der Waals surface area (Å²) in [4.78, 5) is 30.0. The normalized spacial score (nSPS) is 12.1. The first-order valence-corrected chi connectivity index (χ1v) is 9.46. The zero-order valence-electron chi connectivity index (χ0n) is 15.8. The van der Waals surface area contributed by atoms with E-state index in [4.69, 9.17) is 16.0 Å². The minimum atomic E-state index is -0.476. The second-order valence-electron chi connectivity index (χ2n) is 6.70. The molecule has 29 heavy (non-hydrogen) atoms. The molecule has 146 valence electrons. The van der Waals surface area contributed by atoms with Gasteiger partial charge in [-0.15, -0.1) is 0 Å². The quantitative estimate of drug-likeness (QED) is 0.542. The number of hydrogen-bond acceptors (Lipinski definition) is 4. The first-order chi connectivity index (χ1) is 14.0. The molecule has 6 nitrogen and oxygen atoms in total. The number of carbonyl (C=O) groups excluding carboxylic acids is 1.